The molecule has 18 heavy (non-hydrogen) atoms. The number of hydrogen-bond acceptors (Lipinski definition) is 2. The highest BCUT2D eigenvalue weighted by Crippen LogP contribution is 2.39. The minimum Gasteiger partial charge on any atom is -0.358 e. The monoisotopic (exact) mass is 270 g/mol. The summed E-state index contributed by atoms with van der Waals surface area (Å²) in [5, 5.41) is 0.0667. The molecule has 0 amide bonds. The van der Waals surface area contributed by atoms with Crippen LogP contribution in [0.4, 0.5) is 0 Å². The van der Waals surface area contributed by atoms with E-state index < -0.39 is 0 Å². The van der Waals surface area contributed by atoms with Crippen molar-refractivity contribution >= 4 is 17.9 Å². The smallest absolute Gasteiger partial charge is 0.151 e. The summed E-state index contributed by atoms with van der Waals surface area (Å²) in [6.45, 7) is 9.92. The van der Waals surface area contributed by atoms with E-state index in [0.717, 1.165) is 37.5 Å². The second-order valence-electron chi connectivity index (χ2n) is 5.43. The van der Waals surface area contributed by atoms with Crippen LogP contribution >= 0.6 is 11.6 Å². The van der Waals surface area contributed by atoms with Gasteiger partial charge in [-0.2, -0.15) is 0 Å². The number of carbonyl (C=O) groups is 1. The van der Waals surface area contributed by atoms with Gasteiger partial charge in [0.15, 0.2) is 6.29 Å². The molecule has 0 saturated carbocycles. The average Bonchev–Trinajstić information content (AvgIpc) is 2.97. The second-order valence-corrected chi connectivity index (χ2v) is 5.96. The van der Waals surface area contributed by atoms with Crippen molar-refractivity contribution in [2.24, 2.45) is 0 Å². The van der Waals surface area contributed by atoms with Gasteiger partial charge in [-0.25, -0.2) is 0 Å². The molecule has 0 spiro atoms. The van der Waals surface area contributed by atoms with Gasteiger partial charge in [-0.1, -0.05) is 23.8 Å². The Balaban J connectivity index is 2.22. The highest BCUT2D eigenvalue weighted by Gasteiger charge is 2.51. The summed E-state index contributed by atoms with van der Waals surface area (Å²) < 4.78 is 5.34. The quantitative estimate of drug-likeness (QED) is 0.288. The van der Waals surface area contributed by atoms with Gasteiger partial charge in [-0.05, 0) is 46.5 Å². The molecule has 1 rings (SSSR count). The van der Waals surface area contributed by atoms with Gasteiger partial charge in [0, 0.05) is 0 Å². The Bertz CT molecular complexity index is 348. The molecule has 0 aliphatic carbocycles. The fourth-order valence-electron chi connectivity index (χ4n) is 1.94. The number of ether oxygens (including phenoxy) is 1. The third kappa shape index (κ3) is 4.58. The van der Waals surface area contributed by atoms with Crippen molar-refractivity contribution in [3.05, 3.63) is 23.8 Å². The molecule has 1 saturated heterocycles. The lowest BCUT2D eigenvalue weighted by Crippen LogP contribution is -2.09. The van der Waals surface area contributed by atoms with Crippen LogP contribution in [0.3, 0.4) is 0 Å². The van der Waals surface area contributed by atoms with E-state index in [-0.39, 0.29) is 17.1 Å². The summed E-state index contributed by atoms with van der Waals surface area (Å²) in [4.78, 5) is 10.6. The lowest BCUT2D eigenvalue weighted by molar-refractivity contribution is -0.108. The molecule has 0 aromatic carbocycles. The zero-order valence-corrected chi connectivity index (χ0v) is 12.3. The predicted octanol–water partition coefficient (Wildman–Crippen LogP) is 4.03. The molecule has 0 N–H and O–H groups in total. The van der Waals surface area contributed by atoms with Crippen molar-refractivity contribution in [1.29, 1.82) is 0 Å². The molecule has 0 radical (unpaired) electrons. The highest BCUT2D eigenvalue weighted by molar-refractivity contribution is 6.22. The van der Waals surface area contributed by atoms with E-state index in [1.54, 1.807) is 0 Å². The Morgan fingerprint density at radius 3 is 2.72 bits per heavy atom. The molecule has 0 aromatic heterocycles. The molecule has 3 heteroatoms. The summed E-state index contributed by atoms with van der Waals surface area (Å²) >= 11 is 6.13. The van der Waals surface area contributed by atoms with E-state index in [4.69, 9.17) is 16.3 Å². The van der Waals surface area contributed by atoms with Gasteiger partial charge in [0.2, 0.25) is 0 Å². The van der Waals surface area contributed by atoms with Gasteiger partial charge >= 0.3 is 0 Å². The van der Waals surface area contributed by atoms with Gasteiger partial charge in [0.1, 0.15) is 6.10 Å². The summed E-state index contributed by atoms with van der Waals surface area (Å²) in [5.74, 6) is 0. The third-order valence-corrected chi connectivity index (χ3v) is 4.12. The van der Waals surface area contributed by atoms with Crippen molar-refractivity contribution in [1.82, 2.24) is 0 Å². The van der Waals surface area contributed by atoms with Crippen LogP contribution in [0.15, 0.2) is 23.8 Å². The largest absolute Gasteiger partial charge is 0.358 e. The first-order valence-corrected chi connectivity index (χ1v) is 6.91. The normalized spacial score (nSPS) is 28.9. The van der Waals surface area contributed by atoms with Crippen molar-refractivity contribution in [3.8, 4) is 0 Å². The molecule has 1 unspecified atom stereocenters. The number of alkyl halides is 1. The molecule has 2 nitrogen and oxygen atoms in total. The maximum Gasteiger partial charge on any atom is 0.151 e. The molecule has 0 aromatic rings. The minimum atomic E-state index is -0.217. The van der Waals surface area contributed by atoms with E-state index in [1.165, 1.54) is 5.57 Å². The zero-order valence-electron chi connectivity index (χ0n) is 11.5. The average molecular weight is 271 g/mol. The van der Waals surface area contributed by atoms with Crippen molar-refractivity contribution in [2.75, 3.05) is 0 Å². The number of carbonyl (C=O) groups excluding carboxylic acids is 1. The van der Waals surface area contributed by atoms with Gasteiger partial charge in [-0.3, -0.25) is 0 Å². The Kier molecular flexibility index (Phi) is 5.61. The first kappa shape index (κ1) is 15.5. The van der Waals surface area contributed by atoms with E-state index in [0.29, 0.717) is 0 Å². The first-order chi connectivity index (χ1) is 8.39. The molecule has 1 aliphatic heterocycles. The van der Waals surface area contributed by atoms with E-state index in [9.17, 15) is 4.79 Å². The Morgan fingerprint density at radius 1 is 1.56 bits per heavy atom. The van der Waals surface area contributed by atoms with Crippen LogP contribution in [-0.4, -0.2) is 23.4 Å². The number of aldehydes is 1. The lowest BCUT2D eigenvalue weighted by Gasteiger charge is -2.09. The number of rotatable bonds is 8. The predicted molar refractivity (Wildman–Crippen MR) is 76.0 cm³/mol. The molecular weight excluding hydrogens is 248 g/mol. The van der Waals surface area contributed by atoms with Gasteiger partial charge < -0.3 is 9.53 Å². The highest BCUT2D eigenvalue weighted by atomic mass is 35.5. The topological polar surface area (TPSA) is 29.6 Å². The van der Waals surface area contributed by atoms with Crippen LogP contribution in [0.1, 0.15) is 46.5 Å². The lowest BCUT2D eigenvalue weighted by atomic mass is 10.00. The number of epoxide rings is 1. The van der Waals surface area contributed by atoms with E-state index in [1.807, 2.05) is 13.8 Å². The molecule has 1 heterocycles. The second kappa shape index (κ2) is 6.53. The summed E-state index contributed by atoms with van der Waals surface area (Å²) in [6.07, 6.45) is 6.70. The zero-order chi connectivity index (χ0) is 13.8. The SMILES string of the molecule is C=C(C)C(Cl)CC/C(C)=C/CC[C@]1(C)O[C@H]1C=O. The van der Waals surface area contributed by atoms with Crippen LogP contribution in [0.2, 0.25) is 0 Å². The van der Waals surface area contributed by atoms with Crippen LogP contribution in [0.5, 0.6) is 0 Å². The van der Waals surface area contributed by atoms with E-state index in [2.05, 4.69) is 19.6 Å². The van der Waals surface area contributed by atoms with Crippen molar-refractivity contribution < 1.29 is 9.53 Å². The molecule has 3 atom stereocenters. The fourth-order valence-corrected chi connectivity index (χ4v) is 2.05. The maximum absolute atomic E-state index is 10.6. The maximum atomic E-state index is 10.6. The molecular formula is C15H23ClO2. The Morgan fingerprint density at radius 2 is 2.22 bits per heavy atom. The number of allylic oxidation sites excluding steroid dienone is 3. The first-order valence-electron chi connectivity index (χ1n) is 6.47. The van der Waals surface area contributed by atoms with Crippen LogP contribution in [-0.2, 0) is 9.53 Å². The van der Waals surface area contributed by atoms with Gasteiger partial charge in [-0.15, -0.1) is 11.6 Å². The summed E-state index contributed by atoms with van der Waals surface area (Å²) in [6, 6.07) is 0. The Hall–Kier alpha value is -0.600. The summed E-state index contributed by atoms with van der Waals surface area (Å²) in [7, 11) is 0. The fraction of sp³-hybridized carbons (Fsp3) is 0.667. The standard InChI is InChI=1S/C15H23ClO2/c1-11(2)13(16)8-7-12(3)6-5-9-15(4)14(10-17)18-15/h6,10,13-14H,1,5,7-9H2,2-4H3/b12-6+/t13?,14-,15-/m0/s1. The van der Waals surface area contributed by atoms with Crippen LogP contribution < -0.4 is 0 Å². The molecule has 0 bridgehead atoms. The molecule has 1 fully saturated rings. The summed E-state index contributed by atoms with van der Waals surface area (Å²) in [5.41, 5.74) is 2.15. The number of hydrogen-bond donors (Lipinski definition) is 0. The van der Waals surface area contributed by atoms with Crippen molar-refractivity contribution in [2.45, 2.75) is 63.5 Å². The number of halogens is 1. The molecule has 102 valence electrons. The Labute approximate surface area is 115 Å². The van der Waals surface area contributed by atoms with E-state index >= 15 is 0 Å². The van der Waals surface area contributed by atoms with Crippen LogP contribution in [0.25, 0.3) is 0 Å². The molecule has 1 aliphatic rings. The van der Waals surface area contributed by atoms with Gasteiger partial charge in [0.25, 0.3) is 0 Å². The van der Waals surface area contributed by atoms with Gasteiger partial charge in [0.05, 0.1) is 11.0 Å². The van der Waals surface area contributed by atoms with Crippen LogP contribution in [0, 0.1) is 0 Å². The van der Waals surface area contributed by atoms with Crippen molar-refractivity contribution in [3.63, 3.8) is 0 Å². The third-order valence-electron chi connectivity index (χ3n) is 3.52. The minimum absolute atomic E-state index is 0.0667.